The standard InChI is InChI=1S/C22H26ClN3O3/c1-4-15-7-5-6-8-18(15)25-19(27)13-24-22(29)20(14(2)3)26-21(28)16-9-11-17(23)12-10-16/h5-12,14,20H,4,13H2,1-3H3,(H,24,29)(H,25,27)(H,26,28). The van der Waals surface area contributed by atoms with Gasteiger partial charge < -0.3 is 16.0 Å². The summed E-state index contributed by atoms with van der Waals surface area (Å²) in [6, 6.07) is 13.1. The predicted octanol–water partition coefficient (Wildman–Crippen LogP) is 3.41. The highest BCUT2D eigenvalue weighted by atomic mass is 35.5. The predicted molar refractivity (Wildman–Crippen MR) is 115 cm³/mol. The molecule has 0 aliphatic rings. The molecule has 154 valence electrons. The van der Waals surface area contributed by atoms with Crippen molar-refractivity contribution in [2.45, 2.75) is 33.2 Å². The van der Waals surface area contributed by atoms with Crippen molar-refractivity contribution < 1.29 is 14.4 Å². The van der Waals surface area contributed by atoms with Crippen LogP contribution >= 0.6 is 11.6 Å². The van der Waals surface area contributed by atoms with Gasteiger partial charge in [0.25, 0.3) is 5.91 Å². The molecule has 1 atom stereocenters. The number of anilines is 1. The Bertz CT molecular complexity index is 866. The lowest BCUT2D eigenvalue weighted by Crippen LogP contribution is -2.51. The largest absolute Gasteiger partial charge is 0.345 e. The number of amides is 3. The number of para-hydroxylation sites is 1. The van der Waals surface area contributed by atoms with Gasteiger partial charge in [0, 0.05) is 16.3 Å². The molecule has 0 radical (unpaired) electrons. The number of hydrogen-bond donors (Lipinski definition) is 3. The summed E-state index contributed by atoms with van der Waals surface area (Å²) in [5.41, 5.74) is 2.15. The van der Waals surface area contributed by atoms with E-state index < -0.39 is 11.9 Å². The van der Waals surface area contributed by atoms with Crippen LogP contribution in [0.5, 0.6) is 0 Å². The van der Waals surface area contributed by atoms with E-state index in [1.165, 1.54) is 0 Å². The molecule has 1 unspecified atom stereocenters. The Morgan fingerprint density at radius 2 is 1.66 bits per heavy atom. The van der Waals surface area contributed by atoms with Gasteiger partial charge in [-0.2, -0.15) is 0 Å². The quantitative estimate of drug-likeness (QED) is 0.617. The van der Waals surface area contributed by atoms with E-state index in [1.54, 1.807) is 24.3 Å². The number of aryl methyl sites for hydroxylation is 1. The number of benzene rings is 2. The third-order valence-electron chi connectivity index (χ3n) is 4.44. The van der Waals surface area contributed by atoms with Crippen LogP contribution in [0.1, 0.15) is 36.7 Å². The first-order chi connectivity index (χ1) is 13.8. The van der Waals surface area contributed by atoms with Gasteiger partial charge in [-0.15, -0.1) is 0 Å². The van der Waals surface area contributed by atoms with Crippen LogP contribution in [0.3, 0.4) is 0 Å². The summed E-state index contributed by atoms with van der Waals surface area (Å²) in [6.45, 7) is 5.47. The SMILES string of the molecule is CCc1ccccc1NC(=O)CNC(=O)C(NC(=O)c1ccc(Cl)cc1)C(C)C. The van der Waals surface area contributed by atoms with Gasteiger partial charge in [-0.05, 0) is 48.2 Å². The van der Waals surface area contributed by atoms with Gasteiger partial charge in [-0.3, -0.25) is 14.4 Å². The maximum absolute atomic E-state index is 12.6. The van der Waals surface area contributed by atoms with Crippen LogP contribution in [0.4, 0.5) is 5.69 Å². The molecule has 0 aliphatic carbocycles. The lowest BCUT2D eigenvalue weighted by atomic mass is 10.0. The average Bonchev–Trinajstić information content (AvgIpc) is 2.70. The summed E-state index contributed by atoms with van der Waals surface area (Å²) in [5.74, 6) is -1.28. The summed E-state index contributed by atoms with van der Waals surface area (Å²) in [7, 11) is 0. The molecule has 2 aromatic carbocycles. The average molecular weight is 416 g/mol. The number of carbonyl (C=O) groups is 3. The van der Waals surface area contributed by atoms with Crippen molar-refractivity contribution >= 4 is 35.0 Å². The highest BCUT2D eigenvalue weighted by Crippen LogP contribution is 2.15. The first-order valence-corrected chi connectivity index (χ1v) is 9.91. The van der Waals surface area contributed by atoms with Crippen molar-refractivity contribution in [3.8, 4) is 0 Å². The van der Waals surface area contributed by atoms with Crippen LogP contribution in [0, 0.1) is 5.92 Å². The van der Waals surface area contributed by atoms with Crippen molar-refractivity contribution in [3.05, 3.63) is 64.7 Å². The number of rotatable bonds is 8. The van der Waals surface area contributed by atoms with Crippen LogP contribution in [-0.4, -0.2) is 30.3 Å². The molecular formula is C22H26ClN3O3. The molecule has 0 saturated carbocycles. The van der Waals surface area contributed by atoms with E-state index >= 15 is 0 Å². The molecule has 0 aromatic heterocycles. The van der Waals surface area contributed by atoms with Crippen LogP contribution in [0.25, 0.3) is 0 Å². The molecule has 7 heteroatoms. The van der Waals surface area contributed by atoms with E-state index in [9.17, 15) is 14.4 Å². The molecule has 3 N–H and O–H groups in total. The monoisotopic (exact) mass is 415 g/mol. The molecule has 29 heavy (non-hydrogen) atoms. The fraction of sp³-hybridized carbons (Fsp3) is 0.318. The van der Waals surface area contributed by atoms with E-state index in [0.717, 1.165) is 17.7 Å². The molecule has 2 aromatic rings. The van der Waals surface area contributed by atoms with E-state index in [1.807, 2.05) is 45.0 Å². The van der Waals surface area contributed by atoms with Crippen LogP contribution in [0.15, 0.2) is 48.5 Å². The Labute approximate surface area is 176 Å². The zero-order chi connectivity index (χ0) is 21.4. The van der Waals surface area contributed by atoms with Gasteiger partial charge >= 0.3 is 0 Å². The molecule has 6 nitrogen and oxygen atoms in total. The first-order valence-electron chi connectivity index (χ1n) is 9.53. The summed E-state index contributed by atoms with van der Waals surface area (Å²) in [6.07, 6.45) is 0.787. The fourth-order valence-electron chi connectivity index (χ4n) is 2.78. The van der Waals surface area contributed by atoms with Crippen LogP contribution in [0.2, 0.25) is 5.02 Å². The molecule has 0 heterocycles. The summed E-state index contributed by atoms with van der Waals surface area (Å²) >= 11 is 5.84. The summed E-state index contributed by atoms with van der Waals surface area (Å²) < 4.78 is 0. The van der Waals surface area contributed by atoms with Crippen LogP contribution in [-0.2, 0) is 16.0 Å². The molecular weight excluding hydrogens is 390 g/mol. The highest BCUT2D eigenvalue weighted by Gasteiger charge is 2.25. The minimum absolute atomic E-state index is 0.157. The molecule has 0 aliphatic heterocycles. The maximum Gasteiger partial charge on any atom is 0.251 e. The van der Waals surface area contributed by atoms with Gasteiger partial charge in [0.15, 0.2) is 0 Å². The number of halogens is 1. The number of hydrogen-bond acceptors (Lipinski definition) is 3. The van der Waals surface area contributed by atoms with Gasteiger partial charge in [-0.25, -0.2) is 0 Å². The second kappa shape index (κ2) is 10.6. The Morgan fingerprint density at radius 1 is 1.00 bits per heavy atom. The zero-order valence-electron chi connectivity index (χ0n) is 16.8. The highest BCUT2D eigenvalue weighted by molar-refractivity contribution is 6.30. The Kier molecular flexibility index (Phi) is 8.21. The molecule has 0 saturated heterocycles. The Balaban J connectivity index is 1.94. The smallest absolute Gasteiger partial charge is 0.251 e. The molecule has 2 rings (SSSR count). The third kappa shape index (κ3) is 6.61. The minimum Gasteiger partial charge on any atom is -0.345 e. The second-order valence-electron chi connectivity index (χ2n) is 6.98. The van der Waals surface area contributed by atoms with E-state index in [2.05, 4.69) is 16.0 Å². The minimum atomic E-state index is -0.770. The normalized spacial score (nSPS) is 11.6. The topological polar surface area (TPSA) is 87.3 Å². The maximum atomic E-state index is 12.6. The lowest BCUT2D eigenvalue weighted by Gasteiger charge is -2.21. The summed E-state index contributed by atoms with van der Waals surface area (Å²) in [4.78, 5) is 37.2. The third-order valence-corrected chi connectivity index (χ3v) is 4.69. The Morgan fingerprint density at radius 3 is 2.28 bits per heavy atom. The van der Waals surface area contributed by atoms with Crippen molar-refractivity contribution in [3.63, 3.8) is 0 Å². The molecule has 0 spiro atoms. The first kappa shape index (κ1) is 22.4. The fourth-order valence-corrected chi connectivity index (χ4v) is 2.91. The van der Waals surface area contributed by atoms with Gasteiger partial charge in [0.1, 0.15) is 6.04 Å². The van der Waals surface area contributed by atoms with Crippen molar-refractivity contribution in [2.75, 3.05) is 11.9 Å². The van der Waals surface area contributed by atoms with Gasteiger partial charge in [0.05, 0.1) is 6.54 Å². The second-order valence-corrected chi connectivity index (χ2v) is 7.42. The molecule has 3 amide bonds. The van der Waals surface area contributed by atoms with Crippen LogP contribution < -0.4 is 16.0 Å². The van der Waals surface area contributed by atoms with Gasteiger partial charge in [-0.1, -0.05) is 50.6 Å². The molecule has 0 bridgehead atoms. The van der Waals surface area contributed by atoms with E-state index in [4.69, 9.17) is 11.6 Å². The van der Waals surface area contributed by atoms with Gasteiger partial charge in [0.2, 0.25) is 11.8 Å². The Hall–Kier alpha value is -2.86. The number of carbonyl (C=O) groups excluding carboxylic acids is 3. The molecule has 0 fully saturated rings. The van der Waals surface area contributed by atoms with Crippen molar-refractivity contribution in [1.82, 2.24) is 10.6 Å². The number of nitrogens with one attached hydrogen (secondary N) is 3. The van der Waals surface area contributed by atoms with Crippen molar-refractivity contribution in [1.29, 1.82) is 0 Å². The summed E-state index contributed by atoms with van der Waals surface area (Å²) in [5, 5.41) is 8.65. The van der Waals surface area contributed by atoms with E-state index in [-0.39, 0.29) is 24.3 Å². The van der Waals surface area contributed by atoms with Crippen molar-refractivity contribution in [2.24, 2.45) is 5.92 Å². The van der Waals surface area contributed by atoms with E-state index in [0.29, 0.717) is 10.6 Å². The lowest BCUT2D eigenvalue weighted by molar-refractivity contribution is -0.126. The zero-order valence-corrected chi connectivity index (χ0v) is 17.5.